The first-order valence-electron chi connectivity index (χ1n) is 12.8. The number of rotatable bonds is 6. The summed E-state index contributed by atoms with van der Waals surface area (Å²) in [7, 11) is 0. The maximum Gasteiger partial charge on any atom is 0.239 e. The molecule has 37 heavy (non-hydrogen) atoms. The molecule has 3 aliphatic heterocycles. The number of hydrogen-bond donors (Lipinski definition) is 2. The zero-order valence-electron chi connectivity index (χ0n) is 20.5. The Morgan fingerprint density at radius 2 is 1.97 bits per heavy atom. The highest BCUT2D eigenvalue weighted by Gasteiger charge is 2.29. The molecular formula is C25H30BrN7O3S. The Labute approximate surface area is 227 Å². The molecule has 1 aromatic carbocycles. The molecule has 6 rings (SSSR count). The maximum absolute atomic E-state index is 12.9. The third-order valence-corrected chi connectivity index (χ3v) is 9.42. The van der Waals surface area contributed by atoms with Gasteiger partial charge in [-0.15, -0.1) is 0 Å². The van der Waals surface area contributed by atoms with Crippen molar-refractivity contribution >= 4 is 50.6 Å². The smallest absolute Gasteiger partial charge is 0.239 e. The summed E-state index contributed by atoms with van der Waals surface area (Å²) in [5, 5.41) is 4.20. The van der Waals surface area contributed by atoms with Gasteiger partial charge in [0.25, 0.3) is 0 Å². The normalized spacial score (nSPS) is 20.0. The Morgan fingerprint density at radius 1 is 1.16 bits per heavy atom. The Morgan fingerprint density at radius 3 is 2.76 bits per heavy atom. The first kappa shape index (κ1) is 24.7. The van der Waals surface area contributed by atoms with Crippen LogP contribution in [0.4, 0.5) is 5.82 Å². The van der Waals surface area contributed by atoms with E-state index in [-0.39, 0.29) is 18.7 Å². The number of halogens is 1. The highest BCUT2D eigenvalue weighted by Crippen LogP contribution is 2.43. The Hall–Kier alpha value is -2.57. The van der Waals surface area contributed by atoms with E-state index in [1.165, 1.54) is 18.1 Å². The minimum absolute atomic E-state index is 0.00263. The minimum Gasteiger partial charge on any atom is -0.454 e. The first-order valence-corrected chi connectivity index (χ1v) is 14.4. The van der Waals surface area contributed by atoms with Gasteiger partial charge in [0.05, 0.1) is 6.04 Å². The first-order chi connectivity index (χ1) is 18.1. The number of amides is 1. The number of anilines is 1. The molecule has 0 spiro atoms. The molecule has 2 saturated heterocycles. The summed E-state index contributed by atoms with van der Waals surface area (Å²) in [4.78, 5) is 29.4. The van der Waals surface area contributed by atoms with E-state index in [0.717, 1.165) is 96.4 Å². The van der Waals surface area contributed by atoms with E-state index >= 15 is 0 Å². The molecule has 2 aromatic heterocycles. The summed E-state index contributed by atoms with van der Waals surface area (Å²) in [5.74, 6) is 2.63. The number of ether oxygens (including phenoxy) is 2. The van der Waals surface area contributed by atoms with E-state index in [4.69, 9.17) is 20.2 Å². The second-order valence-corrected chi connectivity index (χ2v) is 11.6. The average molecular weight is 589 g/mol. The molecule has 0 bridgehead atoms. The average Bonchev–Trinajstić information content (AvgIpc) is 3.52. The van der Waals surface area contributed by atoms with Gasteiger partial charge >= 0.3 is 0 Å². The SMILES string of the molecule is Nc1ncnc2c1nc(Sc1cc3c(cc1Br)OCO3)n2CCC1CCN(C(=O)[C@@H]2CCCCN2)CC1. The number of benzene rings is 1. The monoisotopic (exact) mass is 587 g/mol. The standard InChI is InChI=1S/C25H30BrN7O3S/c26-16-11-18-19(36-14-35-18)12-20(16)37-25-31-21-22(27)29-13-30-23(21)33(25)10-6-15-4-8-32(9-5-15)24(34)17-3-1-2-7-28-17/h11-13,15,17,28H,1-10,14H2,(H2,27,29,30)/t17-/m0/s1. The molecule has 3 N–H and O–H groups in total. The van der Waals surface area contributed by atoms with Crippen molar-refractivity contribution in [3.63, 3.8) is 0 Å². The molecule has 2 fully saturated rings. The van der Waals surface area contributed by atoms with E-state index in [0.29, 0.717) is 17.3 Å². The number of aryl methyl sites for hydroxylation is 1. The van der Waals surface area contributed by atoms with Gasteiger partial charge in [0, 0.05) is 29.0 Å². The number of nitrogen functional groups attached to an aromatic ring is 1. The van der Waals surface area contributed by atoms with E-state index in [2.05, 4.69) is 40.7 Å². The maximum atomic E-state index is 12.9. The van der Waals surface area contributed by atoms with Crippen LogP contribution in [0.3, 0.4) is 0 Å². The molecule has 1 atom stereocenters. The Bertz CT molecular complexity index is 1310. The molecule has 0 unspecified atom stereocenters. The number of nitrogens with zero attached hydrogens (tertiary/aromatic N) is 5. The van der Waals surface area contributed by atoms with Gasteiger partial charge in [0.15, 0.2) is 33.6 Å². The third kappa shape index (κ3) is 5.10. The topological polar surface area (TPSA) is 120 Å². The Kier molecular flexibility index (Phi) is 7.13. The number of imidazole rings is 1. The van der Waals surface area contributed by atoms with Gasteiger partial charge in [0.2, 0.25) is 12.7 Å². The molecule has 0 radical (unpaired) electrons. The molecule has 10 nitrogen and oxygen atoms in total. The van der Waals surface area contributed by atoms with Crippen molar-refractivity contribution in [3.8, 4) is 11.5 Å². The summed E-state index contributed by atoms with van der Waals surface area (Å²) >= 11 is 5.19. The summed E-state index contributed by atoms with van der Waals surface area (Å²) in [5.41, 5.74) is 7.51. The van der Waals surface area contributed by atoms with Crippen LogP contribution in [-0.4, -0.2) is 62.8 Å². The van der Waals surface area contributed by atoms with Crippen molar-refractivity contribution < 1.29 is 14.3 Å². The quantitative estimate of drug-likeness (QED) is 0.443. The predicted octanol–water partition coefficient (Wildman–Crippen LogP) is 3.82. The number of fused-ring (bicyclic) bond motifs is 2. The van der Waals surface area contributed by atoms with Crippen LogP contribution in [0.5, 0.6) is 11.5 Å². The molecule has 0 aliphatic carbocycles. The van der Waals surface area contributed by atoms with E-state index in [1.54, 1.807) is 0 Å². The van der Waals surface area contributed by atoms with E-state index in [9.17, 15) is 4.79 Å². The molecule has 3 aliphatic rings. The number of carbonyl (C=O) groups is 1. The van der Waals surface area contributed by atoms with Crippen molar-refractivity contribution in [1.29, 1.82) is 0 Å². The van der Waals surface area contributed by atoms with Gasteiger partial charge < -0.3 is 30.0 Å². The van der Waals surface area contributed by atoms with Crippen molar-refractivity contribution in [2.45, 2.75) is 61.2 Å². The van der Waals surface area contributed by atoms with Crippen LogP contribution in [0.25, 0.3) is 11.2 Å². The number of likely N-dealkylation sites (tertiary alicyclic amines) is 1. The summed E-state index contributed by atoms with van der Waals surface area (Å²) in [6, 6.07) is 3.89. The summed E-state index contributed by atoms with van der Waals surface area (Å²) in [6.45, 7) is 3.59. The van der Waals surface area contributed by atoms with Gasteiger partial charge in [-0.05, 0) is 72.6 Å². The number of aromatic nitrogens is 4. The third-order valence-electron chi connectivity index (χ3n) is 7.45. The lowest BCUT2D eigenvalue weighted by molar-refractivity contribution is -0.135. The molecule has 5 heterocycles. The number of nitrogens with one attached hydrogen (secondary N) is 1. The van der Waals surface area contributed by atoms with Gasteiger partial charge in [-0.2, -0.15) is 0 Å². The molecule has 1 amide bonds. The summed E-state index contributed by atoms with van der Waals surface area (Å²) < 4.78 is 14.1. The van der Waals surface area contributed by atoms with Crippen molar-refractivity contribution in [2.24, 2.45) is 5.92 Å². The van der Waals surface area contributed by atoms with Crippen molar-refractivity contribution in [2.75, 3.05) is 32.2 Å². The van der Waals surface area contributed by atoms with E-state index < -0.39 is 0 Å². The van der Waals surface area contributed by atoms with Crippen LogP contribution in [-0.2, 0) is 11.3 Å². The van der Waals surface area contributed by atoms with Crippen LogP contribution in [0.15, 0.2) is 33.0 Å². The zero-order valence-corrected chi connectivity index (χ0v) is 22.9. The highest BCUT2D eigenvalue weighted by molar-refractivity contribution is 9.10. The second-order valence-electron chi connectivity index (χ2n) is 9.77. The van der Waals surface area contributed by atoms with Gasteiger partial charge in [-0.25, -0.2) is 15.0 Å². The van der Waals surface area contributed by atoms with Crippen LogP contribution in [0, 0.1) is 5.92 Å². The number of nitrogens with two attached hydrogens (primary N) is 1. The van der Waals surface area contributed by atoms with Crippen LogP contribution < -0.4 is 20.5 Å². The van der Waals surface area contributed by atoms with Gasteiger partial charge in [-0.1, -0.05) is 18.2 Å². The fourth-order valence-corrected chi connectivity index (χ4v) is 6.83. The Balaban J connectivity index is 1.16. The van der Waals surface area contributed by atoms with Gasteiger partial charge in [-0.3, -0.25) is 4.79 Å². The van der Waals surface area contributed by atoms with Crippen molar-refractivity contribution in [3.05, 3.63) is 22.9 Å². The lowest BCUT2D eigenvalue weighted by atomic mass is 9.92. The molecule has 196 valence electrons. The molecule has 3 aromatic rings. The zero-order chi connectivity index (χ0) is 25.4. The summed E-state index contributed by atoms with van der Waals surface area (Å²) in [6.07, 6.45) is 7.75. The van der Waals surface area contributed by atoms with Gasteiger partial charge in [0.1, 0.15) is 6.33 Å². The number of carbonyl (C=O) groups excluding carboxylic acids is 1. The van der Waals surface area contributed by atoms with Crippen LogP contribution in [0.2, 0.25) is 0 Å². The van der Waals surface area contributed by atoms with Crippen LogP contribution >= 0.6 is 27.7 Å². The fourth-order valence-electron chi connectivity index (χ4n) is 5.33. The minimum atomic E-state index is 0.00263. The lowest BCUT2D eigenvalue weighted by Gasteiger charge is -2.35. The number of piperidine rings is 2. The van der Waals surface area contributed by atoms with Crippen molar-refractivity contribution in [1.82, 2.24) is 29.7 Å². The van der Waals surface area contributed by atoms with E-state index in [1.807, 2.05) is 12.1 Å². The highest BCUT2D eigenvalue weighted by atomic mass is 79.9. The second kappa shape index (κ2) is 10.7. The number of hydrogen-bond acceptors (Lipinski definition) is 9. The van der Waals surface area contributed by atoms with Crippen LogP contribution in [0.1, 0.15) is 38.5 Å². The molecule has 12 heteroatoms. The predicted molar refractivity (Wildman–Crippen MR) is 144 cm³/mol. The molecule has 0 saturated carbocycles. The lowest BCUT2D eigenvalue weighted by Crippen LogP contribution is -2.50. The molecular weight excluding hydrogens is 558 g/mol. The fraction of sp³-hybridized carbons (Fsp3) is 0.520. The largest absolute Gasteiger partial charge is 0.454 e.